The van der Waals surface area contributed by atoms with Crippen molar-refractivity contribution in [1.82, 2.24) is 15.1 Å². The molecule has 0 atom stereocenters. The van der Waals surface area contributed by atoms with Crippen LogP contribution in [0.25, 0.3) is 10.9 Å². The normalized spacial score (nSPS) is 15.6. The van der Waals surface area contributed by atoms with Crippen LogP contribution in [0.15, 0.2) is 18.3 Å². The SMILES string of the molecule is Cn1cc2cc(N3CCC(=O)NC3=O)cc(C=O)c2n1. The van der Waals surface area contributed by atoms with Gasteiger partial charge in [0, 0.05) is 42.8 Å². The number of hydrogen-bond donors (Lipinski definition) is 1. The minimum Gasteiger partial charge on any atom is -0.298 e. The van der Waals surface area contributed by atoms with Crippen molar-refractivity contribution in [2.75, 3.05) is 11.4 Å². The molecule has 0 unspecified atom stereocenters. The second kappa shape index (κ2) is 4.44. The number of hydrogen-bond acceptors (Lipinski definition) is 4. The highest BCUT2D eigenvalue weighted by molar-refractivity contribution is 6.07. The number of carbonyl (C=O) groups is 3. The number of aryl methyl sites for hydroxylation is 1. The lowest BCUT2D eigenvalue weighted by Crippen LogP contribution is -2.49. The van der Waals surface area contributed by atoms with Crippen LogP contribution in [-0.2, 0) is 11.8 Å². The molecular formula is C13H12N4O3. The van der Waals surface area contributed by atoms with E-state index in [1.54, 1.807) is 30.1 Å². The second-order valence-electron chi connectivity index (χ2n) is 4.65. The van der Waals surface area contributed by atoms with E-state index in [0.29, 0.717) is 29.6 Å². The highest BCUT2D eigenvalue weighted by Crippen LogP contribution is 2.25. The molecule has 1 aromatic carbocycles. The van der Waals surface area contributed by atoms with Gasteiger partial charge < -0.3 is 0 Å². The third-order valence-electron chi connectivity index (χ3n) is 3.23. The number of rotatable bonds is 2. The molecule has 0 radical (unpaired) electrons. The van der Waals surface area contributed by atoms with Gasteiger partial charge in [-0.05, 0) is 12.1 Å². The number of anilines is 1. The van der Waals surface area contributed by atoms with Crippen molar-refractivity contribution in [2.45, 2.75) is 6.42 Å². The first-order valence-corrected chi connectivity index (χ1v) is 6.12. The molecule has 3 amide bonds. The van der Waals surface area contributed by atoms with E-state index in [0.717, 1.165) is 5.39 Å². The number of urea groups is 1. The molecule has 7 nitrogen and oxygen atoms in total. The number of aromatic nitrogens is 2. The number of nitrogens with one attached hydrogen (secondary N) is 1. The summed E-state index contributed by atoms with van der Waals surface area (Å²) in [5.41, 5.74) is 1.60. The fraction of sp³-hybridized carbons (Fsp3) is 0.231. The summed E-state index contributed by atoms with van der Waals surface area (Å²) in [6, 6.07) is 2.92. The molecule has 20 heavy (non-hydrogen) atoms. The zero-order valence-electron chi connectivity index (χ0n) is 10.8. The number of fused-ring (bicyclic) bond motifs is 1. The van der Waals surface area contributed by atoms with Crippen LogP contribution in [0.4, 0.5) is 10.5 Å². The van der Waals surface area contributed by atoms with Gasteiger partial charge in [0.2, 0.25) is 5.91 Å². The average Bonchev–Trinajstić information content (AvgIpc) is 2.77. The number of nitrogens with zero attached hydrogens (tertiary/aromatic N) is 3. The third-order valence-corrected chi connectivity index (χ3v) is 3.23. The van der Waals surface area contributed by atoms with Crippen LogP contribution in [0.1, 0.15) is 16.8 Å². The van der Waals surface area contributed by atoms with Gasteiger partial charge in [-0.2, -0.15) is 5.10 Å². The molecule has 3 rings (SSSR count). The van der Waals surface area contributed by atoms with E-state index in [-0.39, 0.29) is 12.3 Å². The van der Waals surface area contributed by atoms with Crippen molar-refractivity contribution >= 4 is 34.8 Å². The minimum atomic E-state index is -0.471. The van der Waals surface area contributed by atoms with Gasteiger partial charge in [0.15, 0.2) is 6.29 Å². The van der Waals surface area contributed by atoms with E-state index in [1.807, 2.05) is 0 Å². The lowest BCUT2D eigenvalue weighted by atomic mass is 10.1. The Morgan fingerprint density at radius 3 is 2.85 bits per heavy atom. The zero-order chi connectivity index (χ0) is 14.3. The lowest BCUT2D eigenvalue weighted by molar-refractivity contribution is -0.120. The summed E-state index contributed by atoms with van der Waals surface area (Å²) in [5.74, 6) is -0.288. The number of imide groups is 1. The van der Waals surface area contributed by atoms with Gasteiger partial charge in [-0.25, -0.2) is 4.79 Å². The van der Waals surface area contributed by atoms with Crippen molar-refractivity contribution in [3.63, 3.8) is 0 Å². The Bertz CT molecular complexity index is 735. The molecule has 1 saturated heterocycles. The quantitative estimate of drug-likeness (QED) is 0.821. The first-order chi connectivity index (χ1) is 9.58. The average molecular weight is 272 g/mol. The summed E-state index contributed by atoms with van der Waals surface area (Å²) in [5, 5.41) is 7.25. The summed E-state index contributed by atoms with van der Waals surface area (Å²) in [4.78, 5) is 35.6. The van der Waals surface area contributed by atoms with E-state index in [4.69, 9.17) is 0 Å². The van der Waals surface area contributed by atoms with Crippen molar-refractivity contribution in [1.29, 1.82) is 0 Å². The first-order valence-electron chi connectivity index (χ1n) is 6.12. The van der Waals surface area contributed by atoms with Gasteiger partial charge >= 0.3 is 6.03 Å². The molecule has 1 aliphatic heterocycles. The number of benzene rings is 1. The highest BCUT2D eigenvalue weighted by Gasteiger charge is 2.25. The molecule has 0 aliphatic carbocycles. The summed E-state index contributed by atoms with van der Waals surface area (Å²) in [6.45, 7) is 0.300. The van der Waals surface area contributed by atoms with Crippen molar-refractivity contribution in [3.05, 3.63) is 23.9 Å². The van der Waals surface area contributed by atoms with E-state index < -0.39 is 6.03 Å². The molecule has 1 fully saturated rings. The van der Waals surface area contributed by atoms with E-state index >= 15 is 0 Å². The molecule has 0 spiro atoms. The molecular weight excluding hydrogens is 260 g/mol. The number of carbonyl (C=O) groups excluding carboxylic acids is 3. The smallest absolute Gasteiger partial charge is 0.298 e. The fourth-order valence-corrected chi connectivity index (χ4v) is 2.32. The Morgan fingerprint density at radius 1 is 1.35 bits per heavy atom. The molecule has 1 aromatic heterocycles. The maximum Gasteiger partial charge on any atom is 0.328 e. The number of aldehydes is 1. The van der Waals surface area contributed by atoms with Crippen LogP contribution in [0.2, 0.25) is 0 Å². The lowest BCUT2D eigenvalue weighted by Gasteiger charge is -2.26. The van der Waals surface area contributed by atoms with Crippen LogP contribution in [-0.4, -0.2) is 34.5 Å². The maximum absolute atomic E-state index is 11.8. The predicted molar refractivity (Wildman–Crippen MR) is 71.6 cm³/mol. The van der Waals surface area contributed by atoms with Crippen molar-refractivity contribution < 1.29 is 14.4 Å². The largest absolute Gasteiger partial charge is 0.328 e. The van der Waals surface area contributed by atoms with Gasteiger partial charge in [-0.15, -0.1) is 0 Å². The van der Waals surface area contributed by atoms with Crippen LogP contribution in [0, 0.1) is 0 Å². The fourth-order valence-electron chi connectivity index (χ4n) is 2.32. The van der Waals surface area contributed by atoms with E-state index in [9.17, 15) is 14.4 Å². The highest BCUT2D eigenvalue weighted by atomic mass is 16.2. The summed E-state index contributed by atoms with van der Waals surface area (Å²) >= 11 is 0. The van der Waals surface area contributed by atoms with Crippen LogP contribution >= 0.6 is 0 Å². The molecule has 1 aliphatic rings. The molecule has 1 N–H and O–H groups in total. The van der Waals surface area contributed by atoms with Gasteiger partial charge in [0.05, 0.1) is 0 Å². The van der Waals surface area contributed by atoms with Crippen molar-refractivity contribution in [3.8, 4) is 0 Å². The van der Waals surface area contributed by atoms with Crippen LogP contribution in [0.3, 0.4) is 0 Å². The molecule has 2 heterocycles. The molecule has 0 saturated carbocycles. The summed E-state index contributed by atoms with van der Waals surface area (Å²) in [6.07, 6.45) is 2.73. The Morgan fingerprint density at radius 2 is 2.15 bits per heavy atom. The Hall–Kier alpha value is -2.70. The monoisotopic (exact) mass is 272 g/mol. The van der Waals surface area contributed by atoms with Gasteiger partial charge in [-0.1, -0.05) is 0 Å². The molecule has 2 aromatic rings. The molecule has 102 valence electrons. The summed E-state index contributed by atoms with van der Waals surface area (Å²) in [7, 11) is 1.76. The maximum atomic E-state index is 11.8. The second-order valence-corrected chi connectivity index (χ2v) is 4.65. The van der Waals surface area contributed by atoms with E-state index in [2.05, 4.69) is 10.4 Å². The minimum absolute atomic E-state index is 0.243. The zero-order valence-corrected chi connectivity index (χ0v) is 10.8. The molecule has 7 heteroatoms. The van der Waals surface area contributed by atoms with Gasteiger partial charge in [0.25, 0.3) is 0 Å². The Labute approximate surface area is 114 Å². The first kappa shape index (κ1) is 12.3. The Kier molecular flexibility index (Phi) is 2.74. The van der Waals surface area contributed by atoms with E-state index in [1.165, 1.54) is 4.90 Å². The third kappa shape index (κ3) is 1.93. The van der Waals surface area contributed by atoms with Crippen LogP contribution < -0.4 is 10.2 Å². The predicted octanol–water partition coefficient (Wildman–Crippen LogP) is 0.832. The van der Waals surface area contributed by atoms with Crippen molar-refractivity contribution in [2.24, 2.45) is 7.05 Å². The number of amides is 3. The topological polar surface area (TPSA) is 84.3 Å². The van der Waals surface area contributed by atoms with Gasteiger partial charge in [-0.3, -0.25) is 24.5 Å². The van der Waals surface area contributed by atoms with Crippen LogP contribution in [0.5, 0.6) is 0 Å². The standard InChI is InChI=1S/C13H12N4O3/c1-16-6-8-4-10(5-9(7-18)12(8)15-16)17-3-2-11(19)14-13(17)20/h4-7H,2-3H2,1H3,(H,14,19,20). The van der Waals surface area contributed by atoms with Gasteiger partial charge in [0.1, 0.15) is 5.52 Å². The Balaban J connectivity index is 2.09. The summed E-state index contributed by atoms with van der Waals surface area (Å²) < 4.78 is 1.61. The molecule has 0 bridgehead atoms.